The first kappa shape index (κ1) is 13.2. The van der Waals surface area contributed by atoms with Crippen LogP contribution >= 0.6 is 0 Å². The van der Waals surface area contributed by atoms with Gasteiger partial charge >= 0.3 is 5.97 Å². The third-order valence-electron chi connectivity index (χ3n) is 2.27. The molecule has 0 aromatic heterocycles. The first-order valence-corrected chi connectivity index (χ1v) is 5.43. The summed E-state index contributed by atoms with van der Waals surface area (Å²) in [5.74, 6) is -0.155. The van der Waals surface area contributed by atoms with Gasteiger partial charge in [0.2, 0.25) is 0 Å². The highest BCUT2D eigenvalue weighted by Gasteiger charge is 1.96. The maximum absolute atomic E-state index is 10.8. The number of esters is 1. The van der Waals surface area contributed by atoms with Crippen LogP contribution in [-0.4, -0.2) is 13.1 Å². The van der Waals surface area contributed by atoms with E-state index in [2.05, 4.69) is 18.6 Å². The minimum Gasteiger partial charge on any atom is -0.469 e. The van der Waals surface area contributed by atoms with Crippen LogP contribution < -0.4 is 0 Å². The Hall–Kier alpha value is -0.790. The van der Waals surface area contributed by atoms with Crippen LogP contribution in [0.15, 0.2) is 11.6 Å². The quantitative estimate of drug-likeness (QED) is 0.356. The van der Waals surface area contributed by atoms with Gasteiger partial charge in [-0.15, -0.1) is 0 Å². The first-order valence-electron chi connectivity index (χ1n) is 5.43. The van der Waals surface area contributed by atoms with E-state index in [1.54, 1.807) is 0 Å². The first-order chi connectivity index (χ1) is 6.70. The van der Waals surface area contributed by atoms with E-state index >= 15 is 0 Å². The number of allylic oxidation sites excluding steroid dienone is 1. The van der Waals surface area contributed by atoms with Crippen LogP contribution in [-0.2, 0) is 9.53 Å². The molecule has 0 N–H and O–H groups in total. The van der Waals surface area contributed by atoms with Crippen LogP contribution in [0.5, 0.6) is 0 Å². The molecule has 0 amide bonds. The van der Waals surface area contributed by atoms with Gasteiger partial charge in [-0.2, -0.15) is 0 Å². The Balaban J connectivity index is 3.51. The van der Waals surface area contributed by atoms with E-state index in [4.69, 9.17) is 0 Å². The highest BCUT2D eigenvalue weighted by molar-refractivity contribution is 5.71. The van der Waals surface area contributed by atoms with Crippen LogP contribution in [0.2, 0.25) is 0 Å². The van der Waals surface area contributed by atoms with Gasteiger partial charge in [0, 0.05) is 0 Å². The molecular formula is C12H22O2. The number of hydrogen-bond acceptors (Lipinski definition) is 2. The molecule has 0 heterocycles. The predicted octanol–water partition coefficient (Wildman–Crippen LogP) is 3.47. The van der Waals surface area contributed by atoms with E-state index in [-0.39, 0.29) is 5.97 Å². The van der Waals surface area contributed by atoms with Crippen molar-refractivity contribution in [3.05, 3.63) is 11.6 Å². The second kappa shape index (κ2) is 8.79. The van der Waals surface area contributed by atoms with Gasteiger partial charge in [0.05, 0.1) is 13.5 Å². The molecule has 0 atom stereocenters. The van der Waals surface area contributed by atoms with Gasteiger partial charge in [-0.1, -0.05) is 37.8 Å². The molecule has 2 nitrogen and oxygen atoms in total. The van der Waals surface area contributed by atoms with Crippen molar-refractivity contribution in [2.24, 2.45) is 0 Å². The molecule has 0 saturated heterocycles. The number of carbonyl (C=O) groups is 1. The Labute approximate surface area is 87.3 Å². The molecule has 0 aliphatic carbocycles. The Morgan fingerprint density at radius 1 is 1.29 bits per heavy atom. The zero-order valence-corrected chi connectivity index (χ0v) is 9.64. The normalized spacial score (nSPS) is 11.5. The minimum atomic E-state index is -0.155. The molecule has 0 aromatic rings. The van der Waals surface area contributed by atoms with Gasteiger partial charge in [0.1, 0.15) is 0 Å². The van der Waals surface area contributed by atoms with Crippen molar-refractivity contribution in [3.63, 3.8) is 0 Å². The fraction of sp³-hybridized carbons (Fsp3) is 0.750. The Kier molecular flexibility index (Phi) is 8.30. The molecule has 0 rings (SSSR count). The lowest BCUT2D eigenvalue weighted by molar-refractivity contribution is -0.139. The van der Waals surface area contributed by atoms with E-state index in [0.29, 0.717) is 6.42 Å². The summed E-state index contributed by atoms with van der Waals surface area (Å²) in [5, 5.41) is 0. The molecule has 0 unspecified atom stereocenters. The molecule has 0 aliphatic heterocycles. The zero-order chi connectivity index (χ0) is 10.8. The monoisotopic (exact) mass is 198 g/mol. The zero-order valence-electron chi connectivity index (χ0n) is 9.64. The van der Waals surface area contributed by atoms with Gasteiger partial charge in [0.15, 0.2) is 0 Å². The fourth-order valence-electron chi connectivity index (χ4n) is 1.27. The summed E-state index contributed by atoms with van der Waals surface area (Å²) in [7, 11) is 1.42. The van der Waals surface area contributed by atoms with Crippen molar-refractivity contribution in [2.75, 3.05) is 7.11 Å². The van der Waals surface area contributed by atoms with Crippen molar-refractivity contribution in [2.45, 2.75) is 52.4 Å². The topological polar surface area (TPSA) is 26.3 Å². The summed E-state index contributed by atoms with van der Waals surface area (Å²) < 4.78 is 4.56. The summed E-state index contributed by atoms with van der Waals surface area (Å²) in [6.45, 7) is 4.29. The lowest BCUT2D eigenvalue weighted by atomic mass is 10.1. The van der Waals surface area contributed by atoms with Crippen LogP contribution in [0.3, 0.4) is 0 Å². The van der Waals surface area contributed by atoms with Crippen molar-refractivity contribution < 1.29 is 9.53 Å². The molecule has 0 spiro atoms. The number of unbranched alkanes of at least 4 members (excludes halogenated alkanes) is 3. The van der Waals surface area contributed by atoms with Crippen LogP contribution in [0.1, 0.15) is 52.4 Å². The second-order valence-corrected chi connectivity index (χ2v) is 3.64. The predicted molar refractivity (Wildman–Crippen MR) is 59.1 cm³/mol. The Morgan fingerprint density at radius 2 is 2.00 bits per heavy atom. The molecule has 14 heavy (non-hydrogen) atoms. The van der Waals surface area contributed by atoms with E-state index in [1.807, 2.05) is 6.08 Å². The largest absolute Gasteiger partial charge is 0.469 e. The molecule has 0 aliphatic rings. The summed E-state index contributed by atoms with van der Waals surface area (Å²) in [6, 6.07) is 0. The maximum atomic E-state index is 10.8. The lowest BCUT2D eigenvalue weighted by Crippen LogP contribution is -1.97. The molecule has 0 fully saturated rings. The number of rotatable bonds is 7. The average Bonchev–Trinajstić information content (AvgIpc) is 2.21. The standard InChI is InChI=1S/C12H22O2/c1-4-5-6-7-8-11(2)9-10-12(13)14-3/h9H,4-8,10H2,1-3H3/b11-9+. The fourth-order valence-corrected chi connectivity index (χ4v) is 1.27. The lowest BCUT2D eigenvalue weighted by Gasteiger charge is -2.00. The third kappa shape index (κ3) is 7.84. The molecule has 0 saturated carbocycles. The van der Waals surface area contributed by atoms with Crippen LogP contribution in [0.25, 0.3) is 0 Å². The molecule has 0 radical (unpaired) electrons. The number of methoxy groups -OCH3 is 1. The second-order valence-electron chi connectivity index (χ2n) is 3.64. The maximum Gasteiger partial charge on any atom is 0.309 e. The highest BCUT2D eigenvalue weighted by atomic mass is 16.5. The minimum absolute atomic E-state index is 0.155. The molecular weight excluding hydrogens is 176 g/mol. The Bertz CT molecular complexity index is 183. The van der Waals surface area contributed by atoms with Crippen LogP contribution in [0, 0.1) is 0 Å². The summed E-state index contributed by atoms with van der Waals surface area (Å²) in [4.78, 5) is 10.8. The van der Waals surface area contributed by atoms with E-state index in [0.717, 1.165) is 6.42 Å². The van der Waals surface area contributed by atoms with Crippen molar-refractivity contribution in [1.82, 2.24) is 0 Å². The molecule has 82 valence electrons. The van der Waals surface area contributed by atoms with Crippen molar-refractivity contribution >= 4 is 5.97 Å². The van der Waals surface area contributed by atoms with Gasteiger partial charge in [0.25, 0.3) is 0 Å². The van der Waals surface area contributed by atoms with Crippen LogP contribution in [0.4, 0.5) is 0 Å². The van der Waals surface area contributed by atoms with Crippen molar-refractivity contribution in [1.29, 1.82) is 0 Å². The SMILES string of the molecule is CCCCCC/C(C)=C/CC(=O)OC. The van der Waals surface area contributed by atoms with E-state index in [1.165, 1.54) is 38.4 Å². The number of ether oxygens (including phenoxy) is 1. The Morgan fingerprint density at radius 3 is 2.57 bits per heavy atom. The molecule has 0 bridgehead atoms. The highest BCUT2D eigenvalue weighted by Crippen LogP contribution is 2.10. The van der Waals surface area contributed by atoms with Gasteiger partial charge in [-0.3, -0.25) is 4.79 Å². The summed E-state index contributed by atoms with van der Waals surface area (Å²) in [6.07, 6.45) is 8.59. The molecule has 0 aromatic carbocycles. The third-order valence-corrected chi connectivity index (χ3v) is 2.27. The average molecular weight is 198 g/mol. The summed E-state index contributed by atoms with van der Waals surface area (Å²) in [5.41, 5.74) is 1.30. The number of carbonyl (C=O) groups excluding carboxylic acids is 1. The van der Waals surface area contributed by atoms with Crippen molar-refractivity contribution in [3.8, 4) is 0 Å². The van der Waals surface area contributed by atoms with E-state index in [9.17, 15) is 4.79 Å². The van der Waals surface area contributed by atoms with E-state index < -0.39 is 0 Å². The summed E-state index contributed by atoms with van der Waals surface area (Å²) >= 11 is 0. The van der Waals surface area contributed by atoms with Gasteiger partial charge in [-0.05, 0) is 19.8 Å². The van der Waals surface area contributed by atoms with Gasteiger partial charge in [-0.25, -0.2) is 0 Å². The smallest absolute Gasteiger partial charge is 0.309 e. The number of hydrogen-bond donors (Lipinski definition) is 0. The van der Waals surface area contributed by atoms with Gasteiger partial charge < -0.3 is 4.74 Å². The molecule has 2 heteroatoms.